The van der Waals surface area contributed by atoms with Crippen LogP contribution in [0.2, 0.25) is 0 Å². The molecular weight excluding hydrogens is 368 g/mol. The summed E-state index contributed by atoms with van der Waals surface area (Å²) in [7, 11) is 4.53. The van der Waals surface area contributed by atoms with Crippen LogP contribution in [-0.2, 0) is 14.3 Å². The van der Waals surface area contributed by atoms with Crippen molar-refractivity contribution in [1.82, 2.24) is 0 Å². The molecule has 0 unspecified atom stereocenters. The molecule has 0 bridgehead atoms. The molecule has 0 N–H and O–H groups in total. The van der Waals surface area contributed by atoms with E-state index in [9.17, 15) is 9.59 Å². The Morgan fingerprint density at radius 3 is 2.11 bits per heavy atom. The van der Waals surface area contributed by atoms with Gasteiger partial charge in [-0.05, 0) is 42.4 Å². The number of esters is 1. The summed E-state index contributed by atoms with van der Waals surface area (Å²) in [5.74, 6) is 1.53. The minimum Gasteiger partial charge on any atom is -0.493 e. The Morgan fingerprint density at radius 1 is 1.00 bits per heavy atom. The summed E-state index contributed by atoms with van der Waals surface area (Å²) in [6.07, 6.45) is 3.16. The van der Waals surface area contributed by atoms with Crippen LogP contribution in [0.15, 0.2) is 17.7 Å². The van der Waals surface area contributed by atoms with Crippen molar-refractivity contribution in [2.24, 2.45) is 0 Å². The first kappa shape index (κ1) is 22.9. The maximum Gasteiger partial charge on any atom is 0.341 e. The molecule has 1 aromatic rings. The van der Waals surface area contributed by atoms with Crippen molar-refractivity contribution in [3.8, 4) is 17.2 Å². The second kappa shape index (κ2) is 12.3. The minimum atomic E-state index is -0.618. The lowest BCUT2D eigenvalue weighted by molar-refractivity contribution is -0.140. The second-order valence-electron chi connectivity index (χ2n) is 5.63. The van der Waals surface area contributed by atoms with Crippen molar-refractivity contribution in [3.05, 3.63) is 23.3 Å². The maximum atomic E-state index is 12.6. The summed E-state index contributed by atoms with van der Waals surface area (Å²) in [6, 6.07) is 3.36. The largest absolute Gasteiger partial charge is 0.493 e. The number of hydrogen-bond acceptors (Lipinski definition) is 7. The Hall–Kier alpha value is -2.15. The first-order chi connectivity index (χ1) is 13.0. The normalized spacial score (nSPS) is 11.1. The lowest BCUT2D eigenvalue weighted by Crippen LogP contribution is -2.18. The quantitative estimate of drug-likeness (QED) is 0.175. The zero-order valence-electron chi connectivity index (χ0n) is 16.6. The van der Waals surface area contributed by atoms with Crippen LogP contribution in [0.5, 0.6) is 17.2 Å². The van der Waals surface area contributed by atoms with Gasteiger partial charge in [-0.2, -0.15) is 11.8 Å². The average Bonchev–Trinajstić information content (AvgIpc) is 2.69. The first-order valence-electron chi connectivity index (χ1n) is 8.82. The molecule has 0 saturated heterocycles. The highest BCUT2D eigenvalue weighted by atomic mass is 32.2. The molecule has 7 heteroatoms. The van der Waals surface area contributed by atoms with Gasteiger partial charge in [-0.15, -0.1) is 0 Å². The highest BCUT2D eigenvalue weighted by molar-refractivity contribution is 7.99. The third-order valence-corrected chi connectivity index (χ3v) is 4.70. The van der Waals surface area contributed by atoms with Gasteiger partial charge in [-0.3, -0.25) is 4.79 Å². The summed E-state index contributed by atoms with van der Waals surface area (Å²) >= 11 is 1.50. The smallest absolute Gasteiger partial charge is 0.341 e. The Morgan fingerprint density at radius 2 is 1.63 bits per heavy atom. The Kier molecular flexibility index (Phi) is 10.4. The zero-order chi connectivity index (χ0) is 20.2. The third kappa shape index (κ3) is 6.82. The predicted octanol–water partition coefficient (Wildman–Crippen LogP) is 3.76. The van der Waals surface area contributed by atoms with Crippen LogP contribution in [0, 0.1) is 0 Å². The van der Waals surface area contributed by atoms with Crippen LogP contribution < -0.4 is 14.2 Å². The molecule has 1 rings (SSSR count). The molecule has 0 aromatic heterocycles. The molecule has 0 aliphatic carbocycles. The summed E-state index contributed by atoms with van der Waals surface area (Å²) in [6.45, 7) is 4.20. The SMILES string of the molecule is CCCOC(=O)C(=Cc1cc(OC)c(OC)c(OC)c1)C(=O)CSCCC. The minimum absolute atomic E-state index is 0.0151. The number of ether oxygens (including phenoxy) is 4. The fraction of sp³-hybridized carbons (Fsp3) is 0.500. The molecule has 0 heterocycles. The summed E-state index contributed by atoms with van der Waals surface area (Å²) in [5.41, 5.74) is 0.600. The number of Topliss-reactive ketones (excluding diaryl/α,β-unsaturated/α-hetero) is 1. The van der Waals surface area contributed by atoms with E-state index < -0.39 is 5.97 Å². The summed E-state index contributed by atoms with van der Waals surface area (Å²) in [5, 5.41) is 0. The van der Waals surface area contributed by atoms with E-state index in [-0.39, 0.29) is 23.7 Å². The van der Waals surface area contributed by atoms with E-state index in [4.69, 9.17) is 18.9 Å². The van der Waals surface area contributed by atoms with E-state index in [0.717, 1.165) is 12.2 Å². The van der Waals surface area contributed by atoms with E-state index in [1.807, 2.05) is 13.8 Å². The van der Waals surface area contributed by atoms with Gasteiger partial charge in [0.25, 0.3) is 0 Å². The van der Waals surface area contributed by atoms with Crippen LogP contribution in [-0.4, -0.2) is 51.2 Å². The zero-order valence-corrected chi connectivity index (χ0v) is 17.4. The number of hydrogen-bond donors (Lipinski definition) is 0. The second-order valence-corrected chi connectivity index (χ2v) is 6.73. The van der Waals surface area contributed by atoms with Gasteiger partial charge < -0.3 is 18.9 Å². The average molecular weight is 397 g/mol. The van der Waals surface area contributed by atoms with E-state index in [1.165, 1.54) is 39.2 Å². The van der Waals surface area contributed by atoms with Crippen LogP contribution in [0.1, 0.15) is 32.3 Å². The van der Waals surface area contributed by atoms with Crippen molar-refractivity contribution in [3.63, 3.8) is 0 Å². The Labute approximate surface area is 165 Å². The number of rotatable bonds is 12. The molecule has 0 spiro atoms. The van der Waals surface area contributed by atoms with Gasteiger partial charge in [-0.1, -0.05) is 13.8 Å². The molecule has 0 fully saturated rings. The van der Waals surface area contributed by atoms with E-state index in [1.54, 1.807) is 12.1 Å². The van der Waals surface area contributed by atoms with Crippen molar-refractivity contribution < 1.29 is 28.5 Å². The van der Waals surface area contributed by atoms with Gasteiger partial charge in [0, 0.05) is 0 Å². The molecule has 0 amide bonds. The van der Waals surface area contributed by atoms with Gasteiger partial charge in [0.15, 0.2) is 17.3 Å². The molecule has 0 atom stereocenters. The fourth-order valence-corrected chi connectivity index (χ4v) is 3.04. The summed E-state index contributed by atoms with van der Waals surface area (Å²) < 4.78 is 21.1. The lowest BCUT2D eigenvalue weighted by Gasteiger charge is -2.13. The van der Waals surface area contributed by atoms with Crippen molar-refractivity contribution >= 4 is 29.6 Å². The van der Waals surface area contributed by atoms with Crippen molar-refractivity contribution in [2.45, 2.75) is 26.7 Å². The van der Waals surface area contributed by atoms with E-state index in [2.05, 4.69) is 0 Å². The number of carbonyl (C=O) groups is 2. The van der Waals surface area contributed by atoms with Crippen LogP contribution in [0.3, 0.4) is 0 Å². The maximum absolute atomic E-state index is 12.6. The topological polar surface area (TPSA) is 71.1 Å². The number of benzene rings is 1. The summed E-state index contributed by atoms with van der Waals surface area (Å²) in [4.78, 5) is 25.0. The molecule has 0 aliphatic rings. The highest BCUT2D eigenvalue weighted by Gasteiger charge is 2.21. The Balaban J connectivity index is 3.28. The first-order valence-corrected chi connectivity index (χ1v) is 9.97. The lowest BCUT2D eigenvalue weighted by atomic mass is 10.1. The molecular formula is C20H28O6S. The van der Waals surface area contributed by atoms with Gasteiger partial charge in [0.2, 0.25) is 5.75 Å². The van der Waals surface area contributed by atoms with Gasteiger partial charge in [0.1, 0.15) is 5.57 Å². The van der Waals surface area contributed by atoms with Crippen LogP contribution >= 0.6 is 11.8 Å². The molecule has 0 aliphatic heterocycles. The monoisotopic (exact) mass is 396 g/mol. The number of methoxy groups -OCH3 is 3. The Bertz CT molecular complexity index is 643. The van der Waals surface area contributed by atoms with Crippen molar-refractivity contribution in [2.75, 3.05) is 39.4 Å². The molecule has 6 nitrogen and oxygen atoms in total. The van der Waals surface area contributed by atoms with Gasteiger partial charge in [0.05, 0.1) is 33.7 Å². The number of carbonyl (C=O) groups excluding carboxylic acids is 2. The number of thioether (sulfide) groups is 1. The highest BCUT2D eigenvalue weighted by Crippen LogP contribution is 2.38. The van der Waals surface area contributed by atoms with E-state index in [0.29, 0.717) is 29.2 Å². The molecule has 0 saturated carbocycles. The van der Waals surface area contributed by atoms with Crippen LogP contribution in [0.25, 0.3) is 6.08 Å². The van der Waals surface area contributed by atoms with Gasteiger partial charge >= 0.3 is 5.97 Å². The standard InChI is InChI=1S/C20H28O6S/c1-6-8-26-20(22)15(16(21)13-27-9-7-2)10-14-11-17(23-3)19(25-5)18(12-14)24-4/h10-12H,6-9,13H2,1-5H3. The molecule has 1 aromatic carbocycles. The van der Waals surface area contributed by atoms with Gasteiger partial charge in [-0.25, -0.2) is 4.79 Å². The van der Waals surface area contributed by atoms with E-state index >= 15 is 0 Å². The predicted molar refractivity (Wildman–Crippen MR) is 108 cm³/mol. The molecule has 27 heavy (non-hydrogen) atoms. The van der Waals surface area contributed by atoms with Crippen molar-refractivity contribution in [1.29, 1.82) is 0 Å². The third-order valence-electron chi connectivity index (χ3n) is 3.54. The molecule has 150 valence electrons. The fourth-order valence-electron chi connectivity index (χ4n) is 2.26. The number of ketones is 1. The van der Waals surface area contributed by atoms with Crippen LogP contribution in [0.4, 0.5) is 0 Å². The molecule has 0 radical (unpaired) electrons.